The van der Waals surface area contributed by atoms with Crippen molar-refractivity contribution in [3.63, 3.8) is 0 Å². The van der Waals surface area contributed by atoms with Crippen LogP contribution in [0.25, 0.3) is 0 Å². The van der Waals surface area contributed by atoms with E-state index in [1.807, 2.05) is 6.07 Å². The van der Waals surface area contributed by atoms with Gasteiger partial charge in [0.1, 0.15) is 0 Å². The number of rotatable bonds is 7. The maximum absolute atomic E-state index is 10.7. The number of benzene rings is 1. The van der Waals surface area contributed by atoms with Gasteiger partial charge in [0.15, 0.2) is 0 Å². The fourth-order valence-electron chi connectivity index (χ4n) is 1.84. The molecule has 94 valence electrons. The summed E-state index contributed by atoms with van der Waals surface area (Å²) in [6.07, 6.45) is 4.51. The van der Waals surface area contributed by atoms with Gasteiger partial charge in [-0.2, -0.15) is 0 Å². The van der Waals surface area contributed by atoms with E-state index in [4.69, 9.17) is 5.11 Å². The molecule has 4 heteroatoms. The summed E-state index contributed by atoms with van der Waals surface area (Å²) >= 11 is 0. The number of aliphatic hydroxyl groups is 1. The Hall–Kier alpha value is -1.42. The molecule has 0 aromatic heterocycles. The van der Waals surface area contributed by atoms with Crippen molar-refractivity contribution in [3.05, 3.63) is 39.4 Å². The van der Waals surface area contributed by atoms with Crippen LogP contribution in [0.4, 0.5) is 5.69 Å². The van der Waals surface area contributed by atoms with Gasteiger partial charge in [0, 0.05) is 18.7 Å². The summed E-state index contributed by atoms with van der Waals surface area (Å²) in [5, 5.41) is 19.5. The normalized spacial score (nSPS) is 10.5. The minimum absolute atomic E-state index is 0.121. The summed E-state index contributed by atoms with van der Waals surface area (Å²) in [5.74, 6) is 0. The minimum atomic E-state index is -0.369. The zero-order chi connectivity index (χ0) is 12.7. The number of nitro groups is 1. The molecule has 17 heavy (non-hydrogen) atoms. The summed E-state index contributed by atoms with van der Waals surface area (Å²) in [6, 6.07) is 5.05. The maximum Gasteiger partial charge on any atom is 0.269 e. The average molecular weight is 237 g/mol. The predicted octanol–water partition coefficient (Wildman–Crippen LogP) is 2.86. The molecular weight excluding hydrogens is 218 g/mol. The lowest BCUT2D eigenvalue weighted by molar-refractivity contribution is -0.384. The number of aliphatic hydroxyl groups excluding tert-OH is 1. The molecule has 0 bridgehead atoms. The van der Waals surface area contributed by atoms with Crippen LogP contribution >= 0.6 is 0 Å². The molecule has 0 atom stereocenters. The Bertz CT molecular complexity index is 377. The van der Waals surface area contributed by atoms with Gasteiger partial charge < -0.3 is 5.11 Å². The second kappa shape index (κ2) is 7.01. The molecule has 0 saturated carbocycles. The van der Waals surface area contributed by atoms with Gasteiger partial charge in [-0.3, -0.25) is 10.1 Å². The maximum atomic E-state index is 10.7. The van der Waals surface area contributed by atoms with Gasteiger partial charge in [0.25, 0.3) is 5.69 Å². The van der Waals surface area contributed by atoms with E-state index in [-0.39, 0.29) is 17.2 Å². The van der Waals surface area contributed by atoms with Crippen molar-refractivity contribution in [3.8, 4) is 0 Å². The van der Waals surface area contributed by atoms with Crippen LogP contribution in [0.2, 0.25) is 0 Å². The number of hydrogen-bond acceptors (Lipinski definition) is 3. The lowest BCUT2D eigenvalue weighted by Gasteiger charge is -2.08. The molecular formula is C13H19NO3. The summed E-state index contributed by atoms with van der Waals surface area (Å²) in [5.41, 5.74) is 2.31. The Kier molecular flexibility index (Phi) is 5.63. The first kappa shape index (κ1) is 13.6. The standard InChI is InChI=1S/C13H19NO3/c1-2-3-5-11-7-8-13(14(16)17)10-12(11)6-4-9-15/h7-8,10,15H,2-6,9H2,1H3. The molecule has 0 aliphatic heterocycles. The van der Waals surface area contributed by atoms with Gasteiger partial charge in [-0.25, -0.2) is 0 Å². The highest BCUT2D eigenvalue weighted by Crippen LogP contribution is 2.21. The Balaban J connectivity index is 2.90. The molecule has 1 aromatic rings. The van der Waals surface area contributed by atoms with Gasteiger partial charge in [-0.15, -0.1) is 0 Å². The van der Waals surface area contributed by atoms with Crippen LogP contribution in [0.5, 0.6) is 0 Å². The number of hydrogen-bond donors (Lipinski definition) is 1. The first-order valence-corrected chi connectivity index (χ1v) is 6.06. The van der Waals surface area contributed by atoms with E-state index in [2.05, 4.69) is 6.92 Å². The fraction of sp³-hybridized carbons (Fsp3) is 0.538. The van der Waals surface area contributed by atoms with Gasteiger partial charge in [0.2, 0.25) is 0 Å². The second-order valence-electron chi connectivity index (χ2n) is 4.14. The third kappa shape index (κ3) is 4.15. The molecule has 0 saturated heterocycles. The van der Waals surface area contributed by atoms with Crippen molar-refractivity contribution >= 4 is 5.69 Å². The summed E-state index contributed by atoms with van der Waals surface area (Å²) in [7, 11) is 0. The largest absolute Gasteiger partial charge is 0.396 e. The van der Waals surface area contributed by atoms with Gasteiger partial charge in [0.05, 0.1) is 4.92 Å². The van der Waals surface area contributed by atoms with Crippen molar-refractivity contribution in [2.75, 3.05) is 6.61 Å². The molecule has 0 fully saturated rings. The van der Waals surface area contributed by atoms with E-state index >= 15 is 0 Å². The molecule has 0 amide bonds. The molecule has 0 radical (unpaired) electrons. The van der Waals surface area contributed by atoms with E-state index in [0.29, 0.717) is 12.8 Å². The molecule has 0 aliphatic rings. The second-order valence-corrected chi connectivity index (χ2v) is 4.14. The highest BCUT2D eigenvalue weighted by atomic mass is 16.6. The van der Waals surface area contributed by atoms with Crippen molar-refractivity contribution < 1.29 is 10.0 Å². The number of non-ortho nitro benzene ring substituents is 1. The molecule has 1 rings (SSSR count). The van der Waals surface area contributed by atoms with E-state index in [1.54, 1.807) is 12.1 Å². The Labute approximate surface area is 101 Å². The van der Waals surface area contributed by atoms with Gasteiger partial charge >= 0.3 is 0 Å². The lowest BCUT2D eigenvalue weighted by Crippen LogP contribution is -1.99. The van der Waals surface area contributed by atoms with Crippen LogP contribution in [-0.4, -0.2) is 16.6 Å². The SMILES string of the molecule is CCCCc1ccc([N+](=O)[O-])cc1CCCO. The Morgan fingerprint density at radius 2 is 1.94 bits per heavy atom. The van der Waals surface area contributed by atoms with Crippen molar-refractivity contribution in [2.45, 2.75) is 39.0 Å². The fourth-order valence-corrected chi connectivity index (χ4v) is 1.84. The number of aryl methyl sites for hydroxylation is 2. The van der Waals surface area contributed by atoms with Crippen LogP contribution in [0.1, 0.15) is 37.3 Å². The smallest absolute Gasteiger partial charge is 0.269 e. The van der Waals surface area contributed by atoms with E-state index in [9.17, 15) is 10.1 Å². The predicted molar refractivity (Wildman–Crippen MR) is 67.1 cm³/mol. The van der Waals surface area contributed by atoms with Crippen LogP contribution in [0.15, 0.2) is 18.2 Å². The average Bonchev–Trinajstić information content (AvgIpc) is 2.34. The van der Waals surface area contributed by atoms with Crippen molar-refractivity contribution in [2.24, 2.45) is 0 Å². The minimum Gasteiger partial charge on any atom is -0.396 e. The molecule has 0 unspecified atom stereocenters. The summed E-state index contributed by atoms with van der Waals surface area (Å²) < 4.78 is 0. The van der Waals surface area contributed by atoms with Crippen LogP contribution < -0.4 is 0 Å². The monoisotopic (exact) mass is 237 g/mol. The zero-order valence-electron chi connectivity index (χ0n) is 10.2. The van der Waals surface area contributed by atoms with Crippen molar-refractivity contribution in [1.29, 1.82) is 0 Å². The topological polar surface area (TPSA) is 63.4 Å². The molecule has 0 heterocycles. The number of nitro benzene ring substituents is 1. The van der Waals surface area contributed by atoms with Gasteiger partial charge in [-0.1, -0.05) is 19.4 Å². The zero-order valence-corrected chi connectivity index (χ0v) is 10.2. The third-order valence-corrected chi connectivity index (χ3v) is 2.80. The Morgan fingerprint density at radius 3 is 2.53 bits per heavy atom. The highest BCUT2D eigenvalue weighted by molar-refractivity contribution is 5.40. The van der Waals surface area contributed by atoms with Crippen LogP contribution in [0.3, 0.4) is 0 Å². The molecule has 1 aromatic carbocycles. The molecule has 0 spiro atoms. The highest BCUT2D eigenvalue weighted by Gasteiger charge is 2.10. The van der Waals surface area contributed by atoms with Crippen molar-refractivity contribution in [1.82, 2.24) is 0 Å². The number of unbranched alkanes of at least 4 members (excludes halogenated alkanes) is 1. The first-order valence-electron chi connectivity index (χ1n) is 6.06. The Morgan fingerprint density at radius 1 is 1.24 bits per heavy atom. The molecule has 0 aliphatic carbocycles. The molecule has 1 N–H and O–H groups in total. The quantitative estimate of drug-likeness (QED) is 0.586. The van der Waals surface area contributed by atoms with E-state index in [1.165, 1.54) is 5.56 Å². The van der Waals surface area contributed by atoms with Crippen LogP contribution in [-0.2, 0) is 12.8 Å². The van der Waals surface area contributed by atoms with E-state index in [0.717, 1.165) is 24.8 Å². The van der Waals surface area contributed by atoms with Gasteiger partial charge in [-0.05, 0) is 36.8 Å². The van der Waals surface area contributed by atoms with E-state index < -0.39 is 0 Å². The van der Waals surface area contributed by atoms with Crippen LogP contribution in [0, 0.1) is 10.1 Å². The first-order chi connectivity index (χ1) is 8.19. The summed E-state index contributed by atoms with van der Waals surface area (Å²) in [6.45, 7) is 2.24. The summed E-state index contributed by atoms with van der Waals surface area (Å²) in [4.78, 5) is 10.3. The number of nitrogens with zero attached hydrogens (tertiary/aromatic N) is 1. The molecule has 4 nitrogen and oxygen atoms in total. The lowest BCUT2D eigenvalue weighted by atomic mass is 9.98. The third-order valence-electron chi connectivity index (χ3n) is 2.80.